The van der Waals surface area contributed by atoms with Gasteiger partial charge in [0.1, 0.15) is 5.82 Å². The van der Waals surface area contributed by atoms with Crippen LogP contribution in [-0.4, -0.2) is 72.5 Å². The molecule has 2 aliphatic rings. The molecule has 2 fully saturated rings. The molecule has 1 aromatic carbocycles. The molecule has 2 saturated heterocycles. The third-order valence-electron chi connectivity index (χ3n) is 5.32. The standard InChI is InChI=1S/C19H25Cl2FN4O2/c1-13(14-10-17(22)16(21)11-15(14)20)23-19(28)26-8-6-24(7-9-26)12-18(27)25-4-2-3-5-25/h10-11,13H,2-9,12H2,1H3,(H,23,28). The lowest BCUT2D eigenvalue weighted by Gasteiger charge is -2.35. The van der Waals surface area contributed by atoms with E-state index in [2.05, 4.69) is 10.2 Å². The van der Waals surface area contributed by atoms with Gasteiger partial charge in [0.2, 0.25) is 5.91 Å². The highest BCUT2D eigenvalue weighted by Crippen LogP contribution is 2.28. The molecule has 28 heavy (non-hydrogen) atoms. The van der Waals surface area contributed by atoms with Gasteiger partial charge in [0.25, 0.3) is 0 Å². The van der Waals surface area contributed by atoms with Crippen molar-refractivity contribution in [2.45, 2.75) is 25.8 Å². The molecule has 1 unspecified atom stereocenters. The Balaban J connectivity index is 1.48. The van der Waals surface area contributed by atoms with Crippen LogP contribution in [0.4, 0.5) is 9.18 Å². The first kappa shape index (κ1) is 21.1. The van der Waals surface area contributed by atoms with Crippen molar-refractivity contribution in [1.29, 1.82) is 0 Å². The molecule has 0 aliphatic carbocycles. The Morgan fingerprint density at radius 3 is 2.32 bits per heavy atom. The molecule has 2 heterocycles. The Morgan fingerprint density at radius 2 is 1.68 bits per heavy atom. The highest BCUT2D eigenvalue weighted by molar-refractivity contribution is 6.35. The molecule has 1 aromatic rings. The summed E-state index contributed by atoms with van der Waals surface area (Å²) in [5.41, 5.74) is 0.478. The summed E-state index contributed by atoms with van der Waals surface area (Å²) >= 11 is 11.9. The molecule has 0 spiro atoms. The van der Waals surface area contributed by atoms with E-state index in [-0.39, 0.29) is 17.0 Å². The monoisotopic (exact) mass is 430 g/mol. The van der Waals surface area contributed by atoms with E-state index in [0.29, 0.717) is 43.3 Å². The molecular weight excluding hydrogens is 406 g/mol. The number of halogens is 3. The van der Waals surface area contributed by atoms with Crippen LogP contribution in [0.25, 0.3) is 0 Å². The smallest absolute Gasteiger partial charge is 0.317 e. The van der Waals surface area contributed by atoms with Crippen molar-refractivity contribution in [3.05, 3.63) is 33.6 Å². The van der Waals surface area contributed by atoms with E-state index in [0.717, 1.165) is 25.9 Å². The Morgan fingerprint density at radius 1 is 1.04 bits per heavy atom. The molecule has 9 heteroatoms. The molecule has 0 saturated carbocycles. The predicted molar refractivity (Wildman–Crippen MR) is 107 cm³/mol. The maximum Gasteiger partial charge on any atom is 0.317 e. The van der Waals surface area contributed by atoms with Crippen molar-refractivity contribution in [3.8, 4) is 0 Å². The van der Waals surface area contributed by atoms with Gasteiger partial charge in [0.15, 0.2) is 0 Å². The second-order valence-electron chi connectivity index (χ2n) is 7.31. The zero-order valence-electron chi connectivity index (χ0n) is 15.9. The fourth-order valence-electron chi connectivity index (χ4n) is 3.59. The minimum absolute atomic E-state index is 0.0492. The molecule has 3 rings (SSSR count). The summed E-state index contributed by atoms with van der Waals surface area (Å²) in [4.78, 5) is 30.5. The lowest BCUT2D eigenvalue weighted by atomic mass is 10.1. The first-order chi connectivity index (χ1) is 13.3. The highest BCUT2D eigenvalue weighted by Gasteiger charge is 2.26. The summed E-state index contributed by atoms with van der Waals surface area (Å²) in [5, 5.41) is 3.11. The van der Waals surface area contributed by atoms with Crippen LogP contribution in [0.1, 0.15) is 31.4 Å². The van der Waals surface area contributed by atoms with Crippen molar-refractivity contribution in [2.75, 3.05) is 45.8 Å². The van der Waals surface area contributed by atoms with E-state index in [1.165, 1.54) is 12.1 Å². The average Bonchev–Trinajstić information content (AvgIpc) is 3.20. The number of nitrogens with one attached hydrogen (secondary N) is 1. The summed E-state index contributed by atoms with van der Waals surface area (Å²) in [5.74, 6) is -0.401. The third-order valence-corrected chi connectivity index (χ3v) is 5.94. The van der Waals surface area contributed by atoms with Gasteiger partial charge < -0.3 is 15.1 Å². The summed E-state index contributed by atoms with van der Waals surface area (Å²) in [6.07, 6.45) is 2.17. The fourth-order valence-corrected chi connectivity index (χ4v) is 4.14. The lowest BCUT2D eigenvalue weighted by Crippen LogP contribution is -2.53. The molecule has 0 bridgehead atoms. The van der Waals surface area contributed by atoms with E-state index in [9.17, 15) is 14.0 Å². The Labute approximate surface area is 174 Å². The normalized spacial score (nSPS) is 19.0. The van der Waals surface area contributed by atoms with Crippen molar-refractivity contribution < 1.29 is 14.0 Å². The summed E-state index contributed by atoms with van der Waals surface area (Å²) in [6.45, 7) is 6.24. The number of nitrogens with zero attached hydrogens (tertiary/aromatic N) is 3. The predicted octanol–water partition coefficient (Wildman–Crippen LogP) is 3.14. The van der Waals surface area contributed by atoms with Crippen LogP contribution in [0.15, 0.2) is 12.1 Å². The highest BCUT2D eigenvalue weighted by atomic mass is 35.5. The molecular formula is C19H25Cl2FN4O2. The van der Waals surface area contributed by atoms with E-state index >= 15 is 0 Å². The third kappa shape index (κ3) is 5.07. The molecule has 1 atom stereocenters. The zero-order valence-corrected chi connectivity index (χ0v) is 17.4. The molecule has 3 amide bonds. The number of urea groups is 1. The number of piperazine rings is 1. The molecule has 154 valence electrons. The Kier molecular flexibility index (Phi) is 7.01. The van der Waals surface area contributed by atoms with E-state index in [1.54, 1.807) is 11.8 Å². The van der Waals surface area contributed by atoms with Crippen LogP contribution in [0.3, 0.4) is 0 Å². The summed E-state index contributed by atoms with van der Waals surface area (Å²) in [7, 11) is 0. The molecule has 6 nitrogen and oxygen atoms in total. The number of carbonyl (C=O) groups excluding carboxylic acids is 2. The maximum absolute atomic E-state index is 13.7. The molecule has 0 radical (unpaired) electrons. The van der Waals surface area contributed by atoms with Gasteiger partial charge >= 0.3 is 6.03 Å². The molecule has 2 aliphatic heterocycles. The number of amides is 3. The van der Waals surface area contributed by atoms with Gasteiger partial charge in [-0.3, -0.25) is 9.69 Å². The first-order valence-electron chi connectivity index (χ1n) is 9.55. The van der Waals surface area contributed by atoms with Crippen LogP contribution in [0.2, 0.25) is 10.0 Å². The number of hydrogen-bond donors (Lipinski definition) is 1. The largest absolute Gasteiger partial charge is 0.342 e. The van der Waals surface area contributed by atoms with Gasteiger partial charge in [-0.2, -0.15) is 0 Å². The second kappa shape index (κ2) is 9.29. The average molecular weight is 431 g/mol. The van der Waals surface area contributed by atoms with Crippen LogP contribution in [-0.2, 0) is 4.79 Å². The Hall–Kier alpha value is -1.57. The summed E-state index contributed by atoms with van der Waals surface area (Å²) in [6, 6.07) is 1.90. The van der Waals surface area contributed by atoms with E-state index in [1.807, 2.05) is 4.90 Å². The van der Waals surface area contributed by atoms with Crippen molar-refractivity contribution in [3.63, 3.8) is 0 Å². The number of hydrogen-bond acceptors (Lipinski definition) is 3. The second-order valence-corrected chi connectivity index (χ2v) is 8.12. The molecule has 0 aromatic heterocycles. The minimum Gasteiger partial charge on any atom is -0.342 e. The molecule has 1 N–H and O–H groups in total. The topological polar surface area (TPSA) is 55.9 Å². The maximum atomic E-state index is 13.7. The van der Waals surface area contributed by atoms with Crippen LogP contribution < -0.4 is 5.32 Å². The number of likely N-dealkylation sites (tertiary alicyclic amines) is 1. The quantitative estimate of drug-likeness (QED) is 0.746. The van der Waals surface area contributed by atoms with Gasteiger partial charge in [0.05, 0.1) is 17.6 Å². The number of benzene rings is 1. The van der Waals surface area contributed by atoms with E-state index < -0.39 is 11.9 Å². The van der Waals surface area contributed by atoms with E-state index in [4.69, 9.17) is 23.2 Å². The number of rotatable bonds is 4. The first-order valence-corrected chi connectivity index (χ1v) is 10.3. The van der Waals surface area contributed by atoms with Gasteiger partial charge in [0, 0.05) is 44.3 Å². The SMILES string of the molecule is CC(NC(=O)N1CCN(CC(=O)N2CCCC2)CC1)c1cc(F)c(Cl)cc1Cl. The van der Waals surface area contributed by atoms with Crippen molar-refractivity contribution in [2.24, 2.45) is 0 Å². The van der Waals surface area contributed by atoms with Gasteiger partial charge in [-0.1, -0.05) is 23.2 Å². The Bertz CT molecular complexity index is 735. The van der Waals surface area contributed by atoms with Gasteiger partial charge in [-0.05, 0) is 37.5 Å². The van der Waals surface area contributed by atoms with Crippen LogP contribution >= 0.6 is 23.2 Å². The zero-order chi connectivity index (χ0) is 20.3. The van der Waals surface area contributed by atoms with Crippen LogP contribution in [0.5, 0.6) is 0 Å². The van der Waals surface area contributed by atoms with Crippen molar-refractivity contribution >= 4 is 35.1 Å². The number of carbonyl (C=O) groups is 2. The van der Waals surface area contributed by atoms with Crippen molar-refractivity contribution in [1.82, 2.24) is 20.0 Å². The summed E-state index contributed by atoms with van der Waals surface area (Å²) < 4.78 is 13.7. The van der Waals surface area contributed by atoms with Crippen LogP contribution in [0, 0.1) is 5.82 Å². The fraction of sp³-hybridized carbons (Fsp3) is 0.579. The minimum atomic E-state index is -0.571. The lowest BCUT2D eigenvalue weighted by molar-refractivity contribution is -0.131. The van der Waals surface area contributed by atoms with Gasteiger partial charge in [-0.15, -0.1) is 0 Å². The van der Waals surface area contributed by atoms with Gasteiger partial charge in [-0.25, -0.2) is 9.18 Å².